The van der Waals surface area contributed by atoms with Crippen LogP contribution < -0.4 is 0 Å². The van der Waals surface area contributed by atoms with Crippen molar-refractivity contribution in [1.29, 1.82) is 0 Å². The summed E-state index contributed by atoms with van der Waals surface area (Å²) in [6, 6.07) is 0. The first-order valence-corrected chi connectivity index (χ1v) is 14.6. The molecule has 0 aliphatic rings. The van der Waals surface area contributed by atoms with Crippen LogP contribution in [-0.4, -0.2) is 0 Å². The fourth-order valence-electron chi connectivity index (χ4n) is 4.77. The van der Waals surface area contributed by atoms with Gasteiger partial charge in [-0.3, -0.25) is 0 Å². The van der Waals surface area contributed by atoms with Crippen molar-refractivity contribution in [3.8, 4) is 0 Å². The summed E-state index contributed by atoms with van der Waals surface area (Å²) < 4.78 is 0. The number of unbranched alkanes of at least 4 members (excludes halogenated alkanes) is 22. The Morgan fingerprint density at radius 1 is 0.400 bits per heavy atom. The highest BCUT2D eigenvalue weighted by Gasteiger charge is 2.02. The van der Waals surface area contributed by atoms with Crippen LogP contribution in [0.2, 0.25) is 0 Å². The fourth-order valence-corrected chi connectivity index (χ4v) is 4.77. The maximum Gasteiger partial charge on any atom is -0.0417 e. The van der Waals surface area contributed by atoms with Crippen molar-refractivity contribution in [3.63, 3.8) is 0 Å². The molecule has 0 saturated carbocycles. The van der Waals surface area contributed by atoms with Gasteiger partial charge in [-0.25, -0.2) is 0 Å². The smallest absolute Gasteiger partial charge is 0.0417 e. The van der Waals surface area contributed by atoms with E-state index in [4.69, 9.17) is 0 Å². The van der Waals surface area contributed by atoms with Crippen molar-refractivity contribution < 1.29 is 0 Å². The summed E-state index contributed by atoms with van der Waals surface area (Å²) in [7, 11) is 0. The standard InChI is InChI=1S/C30H61/c1-4-7-8-9-10-11-12-13-14-15-16-17-18-19-20-21-22-23-24-25-26-27-28-29-30(5-2)6-3/h30H,2,4-29H2,1,3H3. The first-order valence-electron chi connectivity index (χ1n) is 14.6. The number of rotatable bonds is 26. The lowest BCUT2D eigenvalue weighted by atomic mass is 9.95. The Hall–Kier alpha value is 0. The van der Waals surface area contributed by atoms with Gasteiger partial charge in [0.2, 0.25) is 0 Å². The van der Waals surface area contributed by atoms with Crippen LogP contribution >= 0.6 is 0 Å². The lowest BCUT2D eigenvalue weighted by Gasteiger charge is -2.11. The highest BCUT2D eigenvalue weighted by atomic mass is 14.1. The molecule has 0 aliphatic carbocycles. The van der Waals surface area contributed by atoms with Crippen molar-refractivity contribution in [3.05, 3.63) is 6.92 Å². The van der Waals surface area contributed by atoms with Crippen LogP contribution in [0.1, 0.15) is 181 Å². The Morgan fingerprint density at radius 3 is 0.900 bits per heavy atom. The van der Waals surface area contributed by atoms with Crippen molar-refractivity contribution in [2.75, 3.05) is 0 Å². The molecular formula is C30H61. The van der Waals surface area contributed by atoms with Gasteiger partial charge >= 0.3 is 0 Å². The van der Waals surface area contributed by atoms with Gasteiger partial charge in [-0.15, -0.1) is 0 Å². The van der Waals surface area contributed by atoms with Crippen LogP contribution in [0.5, 0.6) is 0 Å². The Kier molecular flexibility index (Phi) is 27.0. The second-order valence-corrected chi connectivity index (χ2v) is 10.1. The van der Waals surface area contributed by atoms with Crippen LogP contribution in [0.3, 0.4) is 0 Å². The second kappa shape index (κ2) is 27.0. The Balaban J connectivity index is 3.03. The van der Waals surface area contributed by atoms with Crippen LogP contribution in [0.4, 0.5) is 0 Å². The molecule has 1 radical (unpaired) electrons. The minimum absolute atomic E-state index is 0.889. The van der Waals surface area contributed by atoms with Gasteiger partial charge in [0.05, 0.1) is 0 Å². The molecule has 0 amide bonds. The highest BCUT2D eigenvalue weighted by Crippen LogP contribution is 2.18. The third-order valence-electron chi connectivity index (χ3n) is 7.20. The predicted octanol–water partition coefficient (Wildman–Crippen LogP) is 11.6. The summed E-state index contributed by atoms with van der Waals surface area (Å²) in [5.74, 6) is 0.889. The summed E-state index contributed by atoms with van der Waals surface area (Å²) in [6.07, 6.45) is 37.8. The van der Waals surface area contributed by atoms with Crippen molar-refractivity contribution in [2.45, 2.75) is 181 Å². The van der Waals surface area contributed by atoms with Crippen LogP contribution in [0, 0.1) is 12.8 Å². The molecule has 0 aromatic rings. The van der Waals surface area contributed by atoms with E-state index >= 15 is 0 Å². The zero-order valence-corrected chi connectivity index (χ0v) is 21.7. The topological polar surface area (TPSA) is 0 Å². The highest BCUT2D eigenvalue weighted by molar-refractivity contribution is 4.59. The van der Waals surface area contributed by atoms with E-state index in [0.717, 1.165) is 12.3 Å². The van der Waals surface area contributed by atoms with Crippen molar-refractivity contribution in [2.24, 2.45) is 5.92 Å². The van der Waals surface area contributed by atoms with E-state index in [1.165, 1.54) is 161 Å². The molecule has 0 N–H and O–H groups in total. The average Bonchev–Trinajstić information content (AvgIpc) is 2.77. The quantitative estimate of drug-likeness (QED) is 0.122. The van der Waals surface area contributed by atoms with E-state index in [9.17, 15) is 0 Å². The third kappa shape index (κ3) is 24.3. The first kappa shape index (κ1) is 30.0. The van der Waals surface area contributed by atoms with Gasteiger partial charge < -0.3 is 0 Å². The fraction of sp³-hybridized carbons (Fsp3) is 0.967. The largest absolute Gasteiger partial charge is 0.0654 e. The maximum atomic E-state index is 4.07. The number of hydrogen-bond donors (Lipinski definition) is 0. The Labute approximate surface area is 193 Å². The predicted molar refractivity (Wildman–Crippen MR) is 140 cm³/mol. The molecule has 30 heavy (non-hydrogen) atoms. The molecule has 0 nitrogen and oxygen atoms in total. The van der Waals surface area contributed by atoms with Gasteiger partial charge in [-0.05, 0) is 5.92 Å². The molecule has 0 aliphatic heterocycles. The monoisotopic (exact) mass is 421 g/mol. The molecule has 0 heteroatoms. The molecule has 0 saturated heterocycles. The van der Waals surface area contributed by atoms with E-state index in [1.54, 1.807) is 0 Å². The summed E-state index contributed by atoms with van der Waals surface area (Å²) >= 11 is 0. The van der Waals surface area contributed by atoms with Crippen LogP contribution in [0.15, 0.2) is 0 Å². The maximum absolute atomic E-state index is 4.07. The van der Waals surface area contributed by atoms with E-state index in [1.807, 2.05) is 0 Å². The van der Waals surface area contributed by atoms with Crippen molar-refractivity contribution >= 4 is 0 Å². The van der Waals surface area contributed by atoms with Crippen LogP contribution in [0.25, 0.3) is 0 Å². The zero-order chi connectivity index (χ0) is 22.0. The molecule has 0 spiro atoms. The SMILES string of the molecule is [CH2]CC(CC)CCCCCCCCCCCCCCCCCCCCCCCCC. The summed E-state index contributed by atoms with van der Waals surface area (Å²) in [6.45, 7) is 8.68. The molecule has 0 aromatic carbocycles. The lowest BCUT2D eigenvalue weighted by Crippen LogP contribution is -1.96. The van der Waals surface area contributed by atoms with E-state index in [0.29, 0.717) is 0 Å². The molecule has 181 valence electrons. The van der Waals surface area contributed by atoms with E-state index in [2.05, 4.69) is 20.8 Å². The lowest BCUT2D eigenvalue weighted by molar-refractivity contribution is 0.440. The van der Waals surface area contributed by atoms with Gasteiger partial charge in [0, 0.05) is 0 Å². The van der Waals surface area contributed by atoms with Crippen LogP contribution in [-0.2, 0) is 0 Å². The second-order valence-electron chi connectivity index (χ2n) is 10.1. The normalized spacial score (nSPS) is 11.6. The number of hydrogen-bond acceptors (Lipinski definition) is 0. The average molecular weight is 422 g/mol. The first-order chi connectivity index (χ1) is 14.8. The molecule has 0 aromatic heterocycles. The molecule has 0 heterocycles. The minimum atomic E-state index is 0.889. The summed E-state index contributed by atoms with van der Waals surface area (Å²) in [5.41, 5.74) is 0. The Bertz CT molecular complexity index is 278. The molecule has 0 bridgehead atoms. The van der Waals surface area contributed by atoms with E-state index < -0.39 is 0 Å². The molecule has 0 fully saturated rings. The molecule has 1 atom stereocenters. The zero-order valence-electron chi connectivity index (χ0n) is 21.7. The van der Waals surface area contributed by atoms with Gasteiger partial charge in [0.25, 0.3) is 0 Å². The molecular weight excluding hydrogens is 360 g/mol. The summed E-state index contributed by atoms with van der Waals surface area (Å²) in [5, 5.41) is 0. The van der Waals surface area contributed by atoms with Gasteiger partial charge in [-0.2, -0.15) is 0 Å². The van der Waals surface area contributed by atoms with Gasteiger partial charge in [-0.1, -0.05) is 188 Å². The summed E-state index contributed by atoms with van der Waals surface area (Å²) in [4.78, 5) is 0. The van der Waals surface area contributed by atoms with E-state index in [-0.39, 0.29) is 0 Å². The molecule has 1 unspecified atom stereocenters. The third-order valence-corrected chi connectivity index (χ3v) is 7.20. The van der Waals surface area contributed by atoms with Crippen molar-refractivity contribution in [1.82, 2.24) is 0 Å². The van der Waals surface area contributed by atoms with Gasteiger partial charge in [0.15, 0.2) is 0 Å². The Morgan fingerprint density at radius 2 is 0.667 bits per heavy atom. The minimum Gasteiger partial charge on any atom is -0.0654 e. The van der Waals surface area contributed by atoms with Gasteiger partial charge in [0.1, 0.15) is 0 Å². The molecule has 0 rings (SSSR count).